The van der Waals surface area contributed by atoms with Crippen LogP contribution < -0.4 is 0 Å². The lowest BCUT2D eigenvalue weighted by atomic mass is 9.78. The Bertz CT molecular complexity index is 415. The maximum Gasteiger partial charge on any atom is 0.109 e. The third-order valence-electron chi connectivity index (χ3n) is 4.36. The topological polar surface area (TPSA) is 17.8 Å². The van der Waals surface area contributed by atoms with Crippen LogP contribution in [0.1, 0.15) is 57.2 Å². The third-order valence-corrected chi connectivity index (χ3v) is 4.36. The zero-order valence-electron chi connectivity index (χ0n) is 10.7. The zero-order chi connectivity index (χ0) is 11.3. The second kappa shape index (κ2) is 3.35. The molecular formula is C14H22N2. The number of nitrogens with zero attached hydrogens (tertiary/aromatic N) is 2. The van der Waals surface area contributed by atoms with Crippen molar-refractivity contribution in [1.82, 2.24) is 9.55 Å². The van der Waals surface area contributed by atoms with Gasteiger partial charge in [-0.1, -0.05) is 20.8 Å². The minimum atomic E-state index is 0.307. The monoisotopic (exact) mass is 218 g/mol. The molecule has 1 aliphatic carbocycles. The van der Waals surface area contributed by atoms with Gasteiger partial charge in [0.25, 0.3) is 0 Å². The van der Waals surface area contributed by atoms with E-state index in [-0.39, 0.29) is 0 Å². The van der Waals surface area contributed by atoms with E-state index in [4.69, 9.17) is 4.98 Å². The van der Waals surface area contributed by atoms with Gasteiger partial charge in [-0.25, -0.2) is 4.98 Å². The summed E-state index contributed by atoms with van der Waals surface area (Å²) in [6.45, 7) is 8.28. The fourth-order valence-corrected chi connectivity index (χ4v) is 3.33. The molecule has 0 bridgehead atoms. The van der Waals surface area contributed by atoms with Gasteiger partial charge in [0.2, 0.25) is 0 Å². The molecule has 2 nitrogen and oxygen atoms in total. The summed E-state index contributed by atoms with van der Waals surface area (Å²) in [7, 11) is 0. The van der Waals surface area contributed by atoms with E-state index >= 15 is 0 Å². The molecule has 88 valence electrons. The molecule has 2 heteroatoms. The van der Waals surface area contributed by atoms with Gasteiger partial charge in [-0.3, -0.25) is 0 Å². The first-order valence-corrected chi connectivity index (χ1v) is 6.67. The molecule has 1 unspecified atom stereocenters. The highest BCUT2D eigenvalue weighted by Crippen LogP contribution is 2.38. The van der Waals surface area contributed by atoms with E-state index in [1.165, 1.54) is 50.2 Å². The fraction of sp³-hybridized carbons (Fsp3) is 0.786. The second-order valence-electron chi connectivity index (χ2n) is 6.32. The molecule has 1 aromatic rings. The quantitative estimate of drug-likeness (QED) is 0.654. The van der Waals surface area contributed by atoms with E-state index in [9.17, 15) is 0 Å². The molecular weight excluding hydrogens is 196 g/mol. The van der Waals surface area contributed by atoms with Crippen LogP contribution in [0.3, 0.4) is 0 Å². The predicted octanol–water partition coefficient (Wildman–Crippen LogP) is 3.08. The van der Waals surface area contributed by atoms with Crippen LogP contribution in [0.25, 0.3) is 0 Å². The van der Waals surface area contributed by atoms with E-state index in [0.29, 0.717) is 5.41 Å². The largest absolute Gasteiger partial charge is 0.331 e. The molecule has 2 heterocycles. The molecule has 0 saturated heterocycles. The molecule has 0 fully saturated rings. The fourth-order valence-electron chi connectivity index (χ4n) is 3.33. The number of imidazole rings is 1. The van der Waals surface area contributed by atoms with Gasteiger partial charge in [-0.2, -0.15) is 0 Å². The molecule has 16 heavy (non-hydrogen) atoms. The van der Waals surface area contributed by atoms with Crippen molar-refractivity contribution in [3.8, 4) is 0 Å². The predicted molar refractivity (Wildman–Crippen MR) is 65.7 cm³/mol. The van der Waals surface area contributed by atoms with Gasteiger partial charge in [0.15, 0.2) is 0 Å². The molecule has 0 spiro atoms. The maximum atomic E-state index is 4.94. The van der Waals surface area contributed by atoms with Gasteiger partial charge >= 0.3 is 0 Å². The van der Waals surface area contributed by atoms with Crippen molar-refractivity contribution in [2.24, 2.45) is 5.92 Å². The van der Waals surface area contributed by atoms with Gasteiger partial charge in [0, 0.05) is 24.1 Å². The number of rotatable bonds is 0. The van der Waals surface area contributed by atoms with Crippen LogP contribution in [0.5, 0.6) is 0 Å². The van der Waals surface area contributed by atoms with Gasteiger partial charge in [-0.15, -0.1) is 0 Å². The molecule has 3 rings (SSSR count). The highest BCUT2D eigenvalue weighted by molar-refractivity contribution is 5.28. The summed E-state index contributed by atoms with van der Waals surface area (Å²) in [5.41, 5.74) is 3.27. The smallest absolute Gasteiger partial charge is 0.109 e. The highest BCUT2D eigenvalue weighted by atomic mass is 15.1. The summed E-state index contributed by atoms with van der Waals surface area (Å²) >= 11 is 0. The van der Waals surface area contributed by atoms with Crippen LogP contribution in [0.2, 0.25) is 0 Å². The van der Waals surface area contributed by atoms with Crippen LogP contribution in [0.4, 0.5) is 0 Å². The molecule has 1 atom stereocenters. The Morgan fingerprint density at radius 2 is 2.12 bits per heavy atom. The van der Waals surface area contributed by atoms with Crippen LogP contribution in [-0.4, -0.2) is 9.55 Å². The summed E-state index contributed by atoms with van der Waals surface area (Å²) in [5.74, 6) is 2.19. The summed E-state index contributed by atoms with van der Waals surface area (Å²) in [5, 5.41) is 0. The number of aryl methyl sites for hydroxylation is 1. The summed E-state index contributed by atoms with van der Waals surface area (Å²) in [6, 6.07) is 0. The Kier molecular flexibility index (Phi) is 2.17. The lowest BCUT2D eigenvalue weighted by molar-refractivity contribution is 0.375. The number of aromatic nitrogens is 2. The highest BCUT2D eigenvalue weighted by Gasteiger charge is 2.34. The van der Waals surface area contributed by atoms with E-state index in [2.05, 4.69) is 25.3 Å². The SMILES string of the molecule is CC1CCc2nc3c(n2C1)CCCC3(C)C. The summed E-state index contributed by atoms with van der Waals surface area (Å²) < 4.78 is 2.53. The molecule has 2 aliphatic rings. The molecule has 0 N–H and O–H groups in total. The van der Waals surface area contributed by atoms with Crippen molar-refractivity contribution in [1.29, 1.82) is 0 Å². The lowest BCUT2D eigenvalue weighted by Gasteiger charge is -2.30. The van der Waals surface area contributed by atoms with E-state index in [0.717, 1.165) is 5.92 Å². The van der Waals surface area contributed by atoms with E-state index < -0.39 is 0 Å². The van der Waals surface area contributed by atoms with Crippen LogP contribution in [-0.2, 0) is 24.8 Å². The number of hydrogen-bond donors (Lipinski definition) is 0. The molecule has 1 aliphatic heterocycles. The van der Waals surface area contributed by atoms with Crippen LogP contribution >= 0.6 is 0 Å². The van der Waals surface area contributed by atoms with Crippen molar-refractivity contribution in [3.05, 3.63) is 17.2 Å². The Labute approximate surface area is 98.1 Å². The van der Waals surface area contributed by atoms with Crippen molar-refractivity contribution < 1.29 is 0 Å². The average molecular weight is 218 g/mol. The minimum absolute atomic E-state index is 0.307. The molecule has 0 aromatic carbocycles. The second-order valence-corrected chi connectivity index (χ2v) is 6.32. The first kappa shape index (κ1) is 10.4. The number of fused-ring (bicyclic) bond motifs is 3. The summed E-state index contributed by atoms with van der Waals surface area (Å²) in [4.78, 5) is 4.94. The van der Waals surface area contributed by atoms with Crippen molar-refractivity contribution >= 4 is 0 Å². The lowest BCUT2D eigenvalue weighted by Crippen LogP contribution is -2.26. The molecule has 0 radical (unpaired) electrons. The van der Waals surface area contributed by atoms with E-state index in [1.807, 2.05) is 0 Å². The van der Waals surface area contributed by atoms with Crippen molar-refractivity contribution in [2.45, 2.75) is 64.8 Å². The third kappa shape index (κ3) is 1.42. The van der Waals surface area contributed by atoms with E-state index in [1.54, 1.807) is 5.69 Å². The van der Waals surface area contributed by atoms with Crippen molar-refractivity contribution in [2.75, 3.05) is 0 Å². The standard InChI is InChI=1S/C14H22N2/c1-10-6-7-12-15-13-11(16(12)9-10)5-4-8-14(13,2)3/h10H,4-9H2,1-3H3. The number of hydrogen-bond acceptors (Lipinski definition) is 1. The summed E-state index contributed by atoms with van der Waals surface area (Å²) in [6.07, 6.45) is 6.38. The van der Waals surface area contributed by atoms with Crippen LogP contribution in [0.15, 0.2) is 0 Å². The van der Waals surface area contributed by atoms with Gasteiger partial charge in [-0.05, 0) is 31.6 Å². The Morgan fingerprint density at radius 3 is 2.94 bits per heavy atom. The maximum absolute atomic E-state index is 4.94. The Balaban J connectivity index is 2.11. The normalized spacial score (nSPS) is 27.3. The molecule has 0 saturated carbocycles. The van der Waals surface area contributed by atoms with Gasteiger partial charge in [0.1, 0.15) is 5.82 Å². The molecule has 0 amide bonds. The van der Waals surface area contributed by atoms with Gasteiger partial charge < -0.3 is 4.57 Å². The zero-order valence-corrected chi connectivity index (χ0v) is 10.7. The average Bonchev–Trinajstić information content (AvgIpc) is 2.58. The first-order valence-electron chi connectivity index (χ1n) is 6.67. The Hall–Kier alpha value is -0.790. The first-order chi connectivity index (χ1) is 7.58. The minimum Gasteiger partial charge on any atom is -0.331 e. The molecule has 1 aromatic heterocycles. The van der Waals surface area contributed by atoms with Crippen LogP contribution in [0, 0.1) is 5.92 Å². The van der Waals surface area contributed by atoms with Gasteiger partial charge in [0.05, 0.1) is 5.69 Å². The van der Waals surface area contributed by atoms with Crippen molar-refractivity contribution in [3.63, 3.8) is 0 Å². The Morgan fingerprint density at radius 1 is 1.31 bits per heavy atom.